The summed E-state index contributed by atoms with van der Waals surface area (Å²) in [4.78, 5) is -0.319. The number of rotatable bonds is 7. The Morgan fingerprint density at radius 1 is 0.579 bits per heavy atom. The first-order valence-corrected chi connectivity index (χ1v) is 19.2. The van der Waals surface area contributed by atoms with E-state index in [2.05, 4.69) is 54.0 Å². The molecule has 1 aliphatic rings. The molecule has 0 saturated carbocycles. The van der Waals surface area contributed by atoms with E-state index in [1.54, 1.807) is 48.5 Å². The average Bonchev–Trinajstić information content (AvgIpc) is 3.51. The highest BCUT2D eigenvalue weighted by Crippen LogP contribution is 2.38. The predicted molar refractivity (Wildman–Crippen MR) is 216 cm³/mol. The summed E-state index contributed by atoms with van der Waals surface area (Å²) in [5.74, 6) is 13.6. The summed E-state index contributed by atoms with van der Waals surface area (Å²) in [6.45, 7) is 1.10. The van der Waals surface area contributed by atoms with Crippen LogP contribution in [-0.2, 0) is 42.2 Å². The quantitative estimate of drug-likeness (QED) is 0.0741. The Morgan fingerprint density at radius 2 is 0.965 bits per heavy atom. The van der Waals surface area contributed by atoms with E-state index in [1.807, 2.05) is 46.7 Å². The lowest BCUT2D eigenvalue weighted by Gasteiger charge is -2.10. The first-order valence-electron chi connectivity index (χ1n) is 17.8. The molecular formula is C47H39N2O7S+. The third-order valence-electron chi connectivity index (χ3n) is 10.1. The van der Waals surface area contributed by atoms with Gasteiger partial charge in [0.1, 0.15) is 10.1 Å². The zero-order valence-corrected chi connectivity index (χ0v) is 31.0. The molecule has 1 aliphatic heterocycles. The number of nitrogens with zero attached hydrogens (tertiary/aromatic N) is 2. The zero-order chi connectivity index (χ0) is 39.2. The predicted octanol–water partition coefficient (Wildman–Crippen LogP) is 5.34. The molecular weight excluding hydrogens is 737 g/mol. The van der Waals surface area contributed by atoms with Crippen molar-refractivity contribution in [3.05, 3.63) is 161 Å². The van der Waals surface area contributed by atoms with Crippen LogP contribution < -0.4 is 9.13 Å². The zero-order valence-electron chi connectivity index (χ0n) is 30.2. The number of aromatic nitrogens is 2. The van der Waals surface area contributed by atoms with Gasteiger partial charge in [0.25, 0.3) is 11.0 Å². The Balaban J connectivity index is 0.00000496. The molecule has 2 aromatic heterocycles. The minimum absolute atomic E-state index is 0. The second-order valence-corrected chi connectivity index (χ2v) is 15.2. The highest BCUT2D eigenvalue weighted by molar-refractivity contribution is 7.85. The molecule has 7 aromatic rings. The van der Waals surface area contributed by atoms with Gasteiger partial charge in [-0.3, -0.25) is 0 Å². The average molecular weight is 776 g/mol. The topological polar surface area (TPSA) is 146 Å². The van der Waals surface area contributed by atoms with Gasteiger partial charge in [-0.15, -0.1) is 9.13 Å². The Hall–Kier alpha value is -6.21. The molecule has 0 unspecified atom stereocenters. The van der Waals surface area contributed by atoms with Crippen molar-refractivity contribution in [3.63, 3.8) is 0 Å². The fraction of sp³-hybridized carbons (Fsp3) is 0.149. The lowest BCUT2D eigenvalue weighted by Crippen LogP contribution is -2.68. The Morgan fingerprint density at radius 3 is 1.33 bits per heavy atom. The van der Waals surface area contributed by atoms with E-state index in [0.717, 1.165) is 44.1 Å². The van der Waals surface area contributed by atoms with Crippen molar-refractivity contribution < 1.29 is 42.5 Å². The molecule has 57 heavy (non-hydrogen) atoms. The van der Waals surface area contributed by atoms with E-state index >= 15 is 0 Å². The number of pyridine rings is 2. The highest BCUT2D eigenvalue weighted by atomic mass is 32.2. The van der Waals surface area contributed by atoms with Crippen LogP contribution in [-0.4, -0.2) is 33.4 Å². The Labute approximate surface area is 331 Å². The monoisotopic (exact) mass is 775 g/mol. The maximum absolute atomic E-state index is 11.8. The van der Waals surface area contributed by atoms with E-state index in [1.165, 1.54) is 12.1 Å². The van der Waals surface area contributed by atoms with Gasteiger partial charge in [0, 0.05) is 34.4 Å². The molecule has 0 spiro atoms. The Bertz CT molecular complexity index is 2840. The maximum atomic E-state index is 11.8. The molecule has 0 saturated heterocycles. The van der Waals surface area contributed by atoms with E-state index in [-0.39, 0.29) is 38.7 Å². The molecule has 0 fully saturated rings. The van der Waals surface area contributed by atoms with Crippen molar-refractivity contribution >= 4 is 31.9 Å². The number of hydrogen-bond donors (Lipinski definition) is 4. The third kappa shape index (κ3) is 7.07. The van der Waals surface area contributed by atoms with Crippen LogP contribution in [0.25, 0.3) is 44.1 Å². The molecule has 3 heterocycles. The molecule has 4 N–H and O–H groups in total. The summed E-state index contributed by atoms with van der Waals surface area (Å²) >= 11 is 0. The van der Waals surface area contributed by atoms with Gasteiger partial charge in [-0.05, 0) is 88.8 Å². The van der Waals surface area contributed by atoms with Gasteiger partial charge in [0.05, 0.1) is 53.9 Å². The van der Waals surface area contributed by atoms with E-state index < -0.39 is 15.8 Å². The maximum Gasteiger partial charge on any atom is 0.492 e. The summed E-state index contributed by atoms with van der Waals surface area (Å²) in [7, 11) is -4.64. The van der Waals surface area contributed by atoms with Crippen LogP contribution in [0.4, 0.5) is 0 Å². The molecule has 0 amide bonds. The molecule has 5 aromatic carbocycles. The molecule has 0 radical (unpaired) electrons. The Kier molecular flexibility index (Phi) is 10.5. The minimum Gasteiger partial charge on any atom is -0.744 e. The number of benzene rings is 5. The molecule has 0 atom stereocenters. The molecule has 9 nitrogen and oxygen atoms in total. The largest absolute Gasteiger partial charge is 0.744 e. The van der Waals surface area contributed by atoms with Gasteiger partial charge < -0.3 is 25.0 Å². The van der Waals surface area contributed by atoms with Crippen LogP contribution in [0.3, 0.4) is 0 Å². The van der Waals surface area contributed by atoms with Gasteiger partial charge in [-0.25, -0.2) is 8.42 Å². The number of hydrogen-bond acceptors (Lipinski definition) is 7. The number of aliphatic hydroxyl groups excluding tert-OH is 4. The summed E-state index contributed by atoms with van der Waals surface area (Å²) in [5.41, 5.74) is 8.42. The van der Waals surface area contributed by atoms with Gasteiger partial charge in [0.2, 0.25) is 0 Å². The second kappa shape index (κ2) is 15.4. The van der Waals surface area contributed by atoms with E-state index in [0.29, 0.717) is 38.9 Å². The summed E-state index contributed by atoms with van der Waals surface area (Å²) in [6, 6.07) is 32.7. The smallest absolute Gasteiger partial charge is 0.492 e. The standard InChI is InChI=1S/C46H35N2O7S.CH4/c1-30-2-4-37(5-3-30)40-14-18-47-44-42(40)10-11-43-41(38-6-8-39(9-7-38)56(53,54)55)15-19-48(45(43)44)46(47,16-12-31-20-33(26-49)24-34(21-31)27-50)17-13-32-22-35(28-51)25-36(23-32)29-52;/h2-11,14-15,18-25,49-52H,26-29H2,1H3;1H4/q+1;. The van der Waals surface area contributed by atoms with Crippen LogP contribution in [0.1, 0.15) is 46.4 Å². The summed E-state index contributed by atoms with van der Waals surface area (Å²) in [5, 5.41) is 41.8. The van der Waals surface area contributed by atoms with Gasteiger partial charge in [0.15, 0.2) is 12.4 Å². The van der Waals surface area contributed by atoms with Crippen LogP contribution >= 0.6 is 0 Å². The lowest BCUT2D eigenvalue weighted by atomic mass is 9.96. The third-order valence-corrected chi connectivity index (χ3v) is 11.0. The van der Waals surface area contributed by atoms with Gasteiger partial charge in [-0.2, -0.15) is 0 Å². The molecule has 8 rings (SSSR count). The van der Waals surface area contributed by atoms with Crippen molar-refractivity contribution in [2.24, 2.45) is 0 Å². The second-order valence-electron chi connectivity index (χ2n) is 13.8. The van der Waals surface area contributed by atoms with Crippen molar-refractivity contribution in [2.75, 3.05) is 0 Å². The van der Waals surface area contributed by atoms with Crippen LogP contribution in [0.15, 0.2) is 126 Å². The first kappa shape index (κ1) is 39.0. The normalized spacial score (nSPS) is 12.5. The van der Waals surface area contributed by atoms with Crippen molar-refractivity contribution in [1.29, 1.82) is 0 Å². The lowest BCUT2D eigenvalue weighted by molar-refractivity contribution is -0.923. The van der Waals surface area contributed by atoms with E-state index in [4.69, 9.17) is 0 Å². The molecule has 0 aliphatic carbocycles. The van der Waals surface area contributed by atoms with Crippen LogP contribution in [0.5, 0.6) is 0 Å². The number of aliphatic hydroxyl groups is 4. The van der Waals surface area contributed by atoms with E-state index in [9.17, 15) is 33.4 Å². The SMILES string of the molecule is C.Cc1ccc(-c2cc[n+]3c4c2ccc2c(-c5ccc(S(=O)(=O)[O-])cc5)cc[n+](c24)C3(C#Cc2cc(CO)cc(CO)c2)C#Cc2cc(CO)cc(CO)c2)cc1. The van der Waals surface area contributed by atoms with Crippen LogP contribution in [0.2, 0.25) is 0 Å². The van der Waals surface area contributed by atoms with Crippen LogP contribution in [0, 0.1) is 30.6 Å². The molecule has 0 bridgehead atoms. The molecule has 284 valence electrons. The van der Waals surface area contributed by atoms with Gasteiger partial charge >= 0.3 is 5.66 Å². The highest BCUT2D eigenvalue weighted by Gasteiger charge is 2.56. The number of aryl methyl sites for hydroxylation is 1. The molecule has 10 heteroatoms. The fourth-order valence-corrected chi connectivity index (χ4v) is 7.92. The van der Waals surface area contributed by atoms with Crippen molar-refractivity contribution in [1.82, 2.24) is 0 Å². The van der Waals surface area contributed by atoms with Crippen molar-refractivity contribution in [2.45, 2.75) is 51.3 Å². The van der Waals surface area contributed by atoms with Crippen molar-refractivity contribution in [3.8, 4) is 45.9 Å². The fourth-order valence-electron chi connectivity index (χ4n) is 7.45. The first-order chi connectivity index (χ1) is 27.0. The minimum atomic E-state index is -4.64. The van der Waals surface area contributed by atoms with Gasteiger partial charge in [-0.1, -0.05) is 73.4 Å². The summed E-state index contributed by atoms with van der Waals surface area (Å²) in [6.07, 6.45) is 3.86. The summed E-state index contributed by atoms with van der Waals surface area (Å²) < 4.78 is 39.3.